The minimum absolute atomic E-state index is 0.146. The van der Waals surface area contributed by atoms with Crippen LogP contribution in [0.5, 0.6) is 5.75 Å². The topological polar surface area (TPSA) is 80.3 Å². The van der Waals surface area contributed by atoms with Crippen molar-refractivity contribution in [3.8, 4) is 5.75 Å². The Morgan fingerprint density at radius 3 is 2.73 bits per heavy atom. The van der Waals surface area contributed by atoms with Gasteiger partial charge in [0.2, 0.25) is 5.91 Å². The van der Waals surface area contributed by atoms with Gasteiger partial charge in [-0.1, -0.05) is 12.1 Å². The van der Waals surface area contributed by atoms with Gasteiger partial charge < -0.3 is 15.4 Å². The van der Waals surface area contributed by atoms with Gasteiger partial charge in [-0.3, -0.25) is 14.6 Å². The summed E-state index contributed by atoms with van der Waals surface area (Å²) in [5, 5.41) is 5.23. The van der Waals surface area contributed by atoms with Crippen molar-refractivity contribution in [2.24, 2.45) is 0 Å². The molecule has 2 aromatic rings. The van der Waals surface area contributed by atoms with Crippen molar-refractivity contribution in [3.63, 3.8) is 0 Å². The molecule has 2 N–H and O–H groups in total. The molecule has 2 amide bonds. The van der Waals surface area contributed by atoms with Crippen LogP contribution in [0.15, 0.2) is 42.6 Å². The Morgan fingerprint density at radius 1 is 1.23 bits per heavy atom. The Hall–Kier alpha value is -2.89. The number of amides is 2. The molecule has 0 radical (unpaired) electrons. The first-order chi connectivity index (χ1) is 10.6. The molecule has 0 saturated heterocycles. The van der Waals surface area contributed by atoms with Crippen LogP contribution in [0.2, 0.25) is 0 Å². The van der Waals surface area contributed by atoms with Crippen LogP contribution in [-0.4, -0.2) is 30.5 Å². The number of pyridine rings is 1. The lowest BCUT2D eigenvalue weighted by Gasteiger charge is -2.11. The number of anilines is 1. The number of benzene rings is 1. The van der Waals surface area contributed by atoms with Gasteiger partial charge in [0.25, 0.3) is 5.91 Å². The van der Waals surface area contributed by atoms with E-state index in [0.717, 1.165) is 5.56 Å². The van der Waals surface area contributed by atoms with Crippen LogP contribution in [0.1, 0.15) is 16.1 Å². The molecule has 6 heteroatoms. The van der Waals surface area contributed by atoms with Crippen molar-refractivity contribution in [3.05, 3.63) is 53.9 Å². The van der Waals surface area contributed by atoms with E-state index in [-0.39, 0.29) is 18.1 Å². The summed E-state index contributed by atoms with van der Waals surface area (Å²) in [4.78, 5) is 27.6. The number of ether oxygens (including phenoxy) is 1. The van der Waals surface area contributed by atoms with Gasteiger partial charge in [0.1, 0.15) is 11.4 Å². The average Bonchev–Trinajstić information content (AvgIpc) is 2.53. The van der Waals surface area contributed by atoms with Crippen LogP contribution in [0.25, 0.3) is 0 Å². The zero-order valence-corrected chi connectivity index (χ0v) is 12.4. The normalized spacial score (nSPS) is 9.91. The van der Waals surface area contributed by atoms with E-state index in [1.807, 2.05) is 13.0 Å². The Morgan fingerprint density at radius 2 is 2.05 bits per heavy atom. The fraction of sp³-hybridized carbons (Fsp3) is 0.188. The second kappa shape index (κ2) is 7.21. The van der Waals surface area contributed by atoms with E-state index in [0.29, 0.717) is 11.4 Å². The lowest BCUT2D eigenvalue weighted by atomic mass is 10.2. The van der Waals surface area contributed by atoms with E-state index in [1.165, 1.54) is 13.3 Å². The first-order valence-electron chi connectivity index (χ1n) is 6.74. The predicted octanol–water partition coefficient (Wildman–Crippen LogP) is 1.77. The van der Waals surface area contributed by atoms with E-state index in [4.69, 9.17) is 4.74 Å². The zero-order chi connectivity index (χ0) is 15.9. The van der Waals surface area contributed by atoms with Gasteiger partial charge >= 0.3 is 0 Å². The van der Waals surface area contributed by atoms with Crippen molar-refractivity contribution in [2.45, 2.75) is 6.92 Å². The standard InChI is InChI=1S/C16H17N3O3/c1-11-6-7-14(22-2)13(9-11)19-15(20)10-18-16(21)12-5-3-4-8-17-12/h3-9H,10H2,1-2H3,(H,18,21)(H,19,20). The Bertz CT molecular complexity index is 672. The fourth-order valence-electron chi connectivity index (χ4n) is 1.86. The molecule has 0 aliphatic carbocycles. The minimum atomic E-state index is -0.396. The smallest absolute Gasteiger partial charge is 0.270 e. The van der Waals surface area contributed by atoms with Gasteiger partial charge in [0.15, 0.2) is 0 Å². The van der Waals surface area contributed by atoms with Gasteiger partial charge in [0, 0.05) is 6.20 Å². The van der Waals surface area contributed by atoms with Crippen LogP contribution >= 0.6 is 0 Å². The predicted molar refractivity (Wildman–Crippen MR) is 82.9 cm³/mol. The van der Waals surface area contributed by atoms with E-state index < -0.39 is 5.91 Å². The van der Waals surface area contributed by atoms with Crippen molar-refractivity contribution < 1.29 is 14.3 Å². The molecule has 0 bridgehead atoms. The molecule has 0 aliphatic heterocycles. The molecule has 0 fully saturated rings. The number of aromatic nitrogens is 1. The maximum absolute atomic E-state index is 11.9. The number of aryl methyl sites for hydroxylation is 1. The third-order valence-corrected chi connectivity index (χ3v) is 2.94. The third-order valence-electron chi connectivity index (χ3n) is 2.94. The van der Waals surface area contributed by atoms with Gasteiger partial charge in [-0.2, -0.15) is 0 Å². The number of nitrogens with one attached hydrogen (secondary N) is 2. The lowest BCUT2D eigenvalue weighted by Crippen LogP contribution is -2.33. The van der Waals surface area contributed by atoms with E-state index in [2.05, 4.69) is 15.6 Å². The number of methoxy groups -OCH3 is 1. The summed E-state index contributed by atoms with van der Waals surface area (Å²) in [5.41, 5.74) is 1.83. The highest BCUT2D eigenvalue weighted by Gasteiger charge is 2.11. The largest absolute Gasteiger partial charge is 0.495 e. The van der Waals surface area contributed by atoms with Crippen LogP contribution in [0, 0.1) is 6.92 Å². The van der Waals surface area contributed by atoms with Crippen LogP contribution in [0.3, 0.4) is 0 Å². The highest BCUT2D eigenvalue weighted by atomic mass is 16.5. The summed E-state index contributed by atoms with van der Waals surface area (Å²) in [5.74, 6) is -0.171. The monoisotopic (exact) mass is 299 g/mol. The number of carbonyl (C=O) groups excluding carboxylic acids is 2. The average molecular weight is 299 g/mol. The number of rotatable bonds is 5. The van der Waals surface area contributed by atoms with Crippen LogP contribution in [0.4, 0.5) is 5.69 Å². The van der Waals surface area contributed by atoms with E-state index >= 15 is 0 Å². The van der Waals surface area contributed by atoms with Gasteiger partial charge in [-0.25, -0.2) is 0 Å². The lowest BCUT2D eigenvalue weighted by molar-refractivity contribution is -0.115. The molecular weight excluding hydrogens is 282 g/mol. The molecule has 6 nitrogen and oxygen atoms in total. The molecule has 114 valence electrons. The Balaban J connectivity index is 1.94. The molecule has 0 aliphatic rings. The molecule has 2 rings (SSSR count). The maximum atomic E-state index is 11.9. The van der Waals surface area contributed by atoms with Crippen molar-refractivity contribution in [1.82, 2.24) is 10.3 Å². The van der Waals surface area contributed by atoms with Crippen molar-refractivity contribution >= 4 is 17.5 Å². The first-order valence-corrected chi connectivity index (χ1v) is 6.74. The summed E-state index contributed by atoms with van der Waals surface area (Å²) in [6.07, 6.45) is 1.52. The highest BCUT2D eigenvalue weighted by molar-refractivity contribution is 5.99. The second-order valence-electron chi connectivity index (χ2n) is 4.65. The second-order valence-corrected chi connectivity index (χ2v) is 4.65. The molecule has 1 aromatic carbocycles. The van der Waals surface area contributed by atoms with Gasteiger partial charge in [-0.05, 0) is 36.8 Å². The van der Waals surface area contributed by atoms with Crippen molar-refractivity contribution in [1.29, 1.82) is 0 Å². The van der Waals surface area contributed by atoms with Crippen molar-refractivity contribution in [2.75, 3.05) is 19.0 Å². The minimum Gasteiger partial charge on any atom is -0.495 e. The number of hydrogen-bond donors (Lipinski definition) is 2. The molecule has 1 aromatic heterocycles. The van der Waals surface area contributed by atoms with E-state index in [9.17, 15) is 9.59 Å². The summed E-state index contributed by atoms with van der Waals surface area (Å²) < 4.78 is 5.18. The molecule has 1 heterocycles. The quantitative estimate of drug-likeness (QED) is 0.881. The molecule has 0 atom stereocenters. The molecule has 0 unspecified atom stereocenters. The number of carbonyl (C=O) groups is 2. The molecule has 0 spiro atoms. The van der Waals surface area contributed by atoms with Gasteiger partial charge in [-0.15, -0.1) is 0 Å². The first kappa shape index (κ1) is 15.5. The number of nitrogens with zero attached hydrogens (tertiary/aromatic N) is 1. The zero-order valence-electron chi connectivity index (χ0n) is 12.4. The molecule has 22 heavy (non-hydrogen) atoms. The highest BCUT2D eigenvalue weighted by Crippen LogP contribution is 2.24. The van der Waals surface area contributed by atoms with Gasteiger partial charge in [0.05, 0.1) is 19.3 Å². The molecule has 0 saturated carbocycles. The Kier molecular flexibility index (Phi) is 5.08. The fourth-order valence-corrected chi connectivity index (χ4v) is 1.86. The Labute approximate surface area is 128 Å². The summed E-state index contributed by atoms with van der Waals surface area (Å²) in [6.45, 7) is 1.77. The van der Waals surface area contributed by atoms with E-state index in [1.54, 1.807) is 30.3 Å². The number of hydrogen-bond acceptors (Lipinski definition) is 4. The van der Waals surface area contributed by atoms with Crippen LogP contribution < -0.4 is 15.4 Å². The SMILES string of the molecule is COc1ccc(C)cc1NC(=O)CNC(=O)c1ccccn1. The maximum Gasteiger partial charge on any atom is 0.270 e. The summed E-state index contributed by atoms with van der Waals surface area (Å²) >= 11 is 0. The molecular formula is C16H17N3O3. The summed E-state index contributed by atoms with van der Waals surface area (Å²) in [7, 11) is 1.53. The summed E-state index contributed by atoms with van der Waals surface area (Å²) in [6, 6.07) is 10.5. The third kappa shape index (κ3) is 4.05. The van der Waals surface area contributed by atoms with Crippen LogP contribution in [-0.2, 0) is 4.79 Å².